The molecule has 1 unspecified atom stereocenters. The quantitative estimate of drug-likeness (QED) is 0.776. The zero-order valence-corrected chi connectivity index (χ0v) is 11.2. The second-order valence-corrected chi connectivity index (χ2v) is 5.12. The molecule has 0 aliphatic heterocycles. The van der Waals surface area contributed by atoms with Crippen molar-refractivity contribution in [2.24, 2.45) is 5.92 Å². The van der Waals surface area contributed by atoms with Crippen LogP contribution in [0.3, 0.4) is 0 Å². The summed E-state index contributed by atoms with van der Waals surface area (Å²) in [5.41, 5.74) is 0.207. The predicted molar refractivity (Wildman–Crippen MR) is 67.5 cm³/mol. The lowest BCUT2D eigenvalue weighted by molar-refractivity contribution is -0.137. The summed E-state index contributed by atoms with van der Waals surface area (Å²) in [6, 6.07) is 3.12. The molecule has 0 aromatic carbocycles. The first kappa shape index (κ1) is 14.4. The van der Waals surface area contributed by atoms with E-state index in [0.717, 1.165) is 11.8 Å². The van der Waals surface area contributed by atoms with Crippen molar-refractivity contribution in [3.8, 4) is 0 Å². The highest BCUT2D eigenvalue weighted by molar-refractivity contribution is 8.00. The molecule has 0 saturated carbocycles. The molecule has 0 bridgehead atoms. The fourth-order valence-corrected chi connectivity index (χ4v) is 2.10. The smallest absolute Gasteiger partial charge is 0.317 e. The number of nitrogens with one attached hydrogen (secondary N) is 1. The maximum absolute atomic E-state index is 11.2. The lowest BCUT2D eigenvalue weighted by atomic mass is 10.1. The van der Waals surface area contributed by atoms with Crippen LogP contribution < -0.4 is 5.32 Å². The summed E-state index contributed by atoms with van der Waals surface area (Å²) in [7, 11) is 1.51. The topological polar surface area (TPSA) is 92.2 Å². The molecule has 0 saturated heterocycles. The van der Waals surface area contributed by atoms with Gasteiger partial charge in [0.1, 0.15) is 10.3 Å². The monoisotopic (exact) mass is 269 g/mol. The number of thioether (sulfide) groups is 1. The van der Waals surface area contributed by atoms with Gasteiger partial charge in [0.05, 0.1) is 0 Å². The molecule has 6 nitrogen and oxygen atoms in total. The summed E-state index contributed by atoms with van der Waals surface area (Å²) < 4.78 is 0. The third-order valence-corrected chi connectivity index (χ3v) is 3.66. The lowest BCUT2D eigenvalue weighted by Gasteiger charge is -2.14. The van der Waals surface area contributed by atoms with E-state index in [-0.39, 0.29) is 17.5 Å². The third kappa shape index (κ3) is 3.69. The molecule has 1 rings (SSSR count). The number of amides is 1. The average molecular weight is 269 g/mol. The van der Waals surface area contributed by atoms with Gasteiger partial charge in [-0.2, -0.15) is 0 Å². The minimum absolute atomic E-state index is 0.0204. The number of aromatic nitrogens is 2. The number of carboxylic acids is 1. The van der Waals surface area contributed by atoms with Crippen molar-refractivity contribution in [2.45, 2.75) is 24.1 Å². The molecule has 1 atom stereocenters. The van der Waals surface area contributed by atoms with Gasteiger partial charge in [0, 0.05) is 7.05 Å². The second-order valence-electron chi connectivity index (χ2n) is 3.96. The van der Waals surface area contributed by atoms with E-state index in [9.17, 15) is 9.59 Å². The zero-order valence-electron chi connectivity index (χ0n) is 10.4. The van der Waals surface area contributed by atoms with Crippen LogP contribution in [-0.4, -0.2) is 39.5 Å². The molecular weight excluding hydrogens is 254 g/mol. The highest BCUT2D eigenvalue weighted by Crippen LogP contribution is 2.26. The van der Waals surface area contributed by atoms with E-state index in [4.69, 9.17) is 5.11 Å². The minimum atomic E-state index is -0.882. The van der Waals surface area contributed by atoms with Crippen molar-refractivity contribution < 1.29 is 14.7 Å². The van der Waals surface area contributed by atoms with E-state index in [1.165, 1.54) is 13.1 Å². The van der Waals surface area contributed by atoms with E-state index < -0.39 is 11.2 Å². The normalized spacial score (nSPS) is 12.2. The summed E-state index contributed by atoms with van der Waals surface area (Å²) in [4.78, 5) is 22.3. The van der Waals surface area contributed by atoms with Crippen molar-refractivity contribution in [1.29, 1.82) is 0 Å². The first-order valence-electron chi connectivity index (χ1n) is 5.41. The molecule has 18 heavy (non-hydrogen) atoms. The molecule has 0 radical (unpaired) electrons. The molecule has 0 aliphatic rings. The van der Waals surface area contributed by atoms with Crippen molar-refractivity contribution in [2.75, 3.05) is 7.05 Å². The van der Waals surface area contributed by atoms with Gasteiger partial charge < -0.3 is 10.4 Å². The van der Waals surface area contributed by atoms with Crippen LogP contribution in [0.15, 0.2) is 17.2 Å². The second kappa shape index (κ2) is 6.34. The van der Waals surface area contributed by atoms with Crippen LogP contribution in [0.2, 0.25) is 0 Å². The molecule has 1 aromatic rings. The molecule has 98 valence electrons. The molecular formula is C11H15N3O3S. The third-order valence-electron chi connectivity index (χ3n) is 2.20. The zero-order chi connectivity index (χ0) is 13.7. The summed E-state index contributed by atoms with van der Waals surface area (Å²) in [5.74, 6) is -1.22. The molecule has 2 N–H and O–H groups in total. The van der Waals surface area contributed by atoms with E-state index >= 15 is 0 Å². The van der Waals surface area contributed by atoms with Crippen LogP contribution in [0.4, 0.5) is 0 Å². The number of rotatable bonds is 5. The molecule has 0 spiro atoms. The maximum Gasteiger partial charge on any atom is 0.317 e. The largest absolute Gasteiger partial charge is 0.480 e. The Labute approximate surface area is 109 Å². The van der Waals surface area contributed by atoms with Crippen LogP contribution in [0.25, 0.3) is 0 Å². The van der Waals surface area contributed by atoms with Gasteiger partial charge in [-0.3, -0.25) is 9.59 Å². The highest BCUT2D eigenvalue weighted by Gasteiger charge is 2.23. The van der Waals surface area contributed by atoms with Gasteiger partial charge in [0.2, 0.25) is 0 Å². The first-order chi connectivity index (χ1) is 8.45. The SMILES string of the molecule is CNC(=O)c1ccc(SC(C(=O)O)C(C)C)nn1. The Balaban J connectivity index is 2.79. The summed E-state index contributed by atoms with van der Waals surface area (Å²) in [6.07, 6.45) is 0. The Morgan fingerprint density at radius 2 is 2.00 bits per heavy atom. The Morgan fingerprint density at radius 3 is 2.39 bits per heavy atom. The number of carbonyl (C=O) groups is 2. The van der Waals surface area contributed by atoms with Crippen LogP contribution in [-0.2, 0) is 4.79 Å². The van der Waals surface area contributed by atoms with Gasteiger partial charge in [-0.1, -0.05) is 25.6 Å². The molecule has 1 aromatic heterocycles. The molecule has 0 fully saturated rings. The van der Waals surface area contributed by atoms with Crippen molar-refractivity contribution in [1.82, 2.24) is 15.5 Å². The fraction of sp³-hybridized carbons (Fsp3) is 0.455. The Hall–Kier alpha value is -1.63. The average Bonchev–Trinajstić information content (AvgIpc) is 2.35. The Kier molecular flexibility index (Phi) is 5.08. The summed E-state index contributed by atoms with van der Waals surface area (Å²) in [5, 5.41) is 19.0. The first-order valence-corrected chi connectivity index (χ1v) is 6.29. The van der Waals surface area contributed by atoms with E-state index in [1.807, 2.05) is 13.8 Å². The van der Waals surface area contributed by atoms with E-state index in [2.05, 4.69) is 15.5 Å². The summed E-state index contributed by atoms with van der Waals surface area (Å²) in [6.45, 7) is 3.66. The van der Waals surface area contributed by atoms with Crippen molar-refractivity contribution in [3.05, 3.63) is 17.8 Å². The van der Waals surface area contributed by atoms with Gasteiger partial charge in [0.15, 0.2) is 5.69 Å². The Morgan fingerprint density at radius 1 is 1.33 bits per heavy atom. The van der Waals surface area contributed by atoms with E-state index in [0.29, 0.717) is 5.03 Å². The number of hydrogen-bond donors (Lipinski definition) is 2. The van der Waals surface area contributed by atoms with Crippen LogP contribution >= 0.6 is 11.8 Å². The van der Waals surface area contributed by atoms with Gasteiger partial charge in [-0.15, -0.1) is 10.2 Å². The minimum Gasteiger partial charge on any atom is -0.480 e. The van der Waals surface area contributed by atoms with Crippen LogP contribution in [0.1, 0.15) is 24.3 Å². The van der Waals surface area contributed by atoms with Crippen molar-refractivity contribution in [3.63, 3.8) is 0 Å². The standard InChI is InChI=1S/C11H15N3O3S/c1-6(2)9(11(16)17)18-8-5-4-7(13-14-8)10(15)12-3/h4-6,9H,1-3H3,(H,12,15)(H,16,17). The van der Waals surface area contributed by atoms with Crippen LogP contribution in [0.5, 0.6) is 0 Å². The molecule has 0 aliphatic carbocycles. The lowest BCUT2D eigenvalue weighted by Crippen LogP contribution is -2.23. The molecule has 1 amide bonds. The highest BCUT2D eigenvalue weighted by atomic mass is 32.2. The number of carboxylic acid groups (broad SMARTS) is 1. The van der Waals surface area contributed by atoms with E-state index in [1.54, 1.807) is 6.07 Å². The number of aliphatic carboxylic acids is 1. The van der Waals surface area contributed by atoms with Crippen LogP contribution in [0, 0.1) is 5.92 Å². The van der Waals surface area contributed by atoms with Gasteiger partial charge in [-0.05, 0) is 18.1 Å². The fourth-order valence-electron chi connectivity index (χ4n) is 1.23. The number of nitrogens with zero attached hydrogens (tertiary/aromatic N) is 2. The maximum atomic E-state index is 11.2. The van der Waals surface area contributed by atoms with Crippen molar-refractivity contribution >= 4 is 23.6 Å². The summed E-state index contributed by atoms with van der Waals surface area (Å²) >= 11 is 1.13. The van der Waals surface area contributed by atoms with Gasteiger partial charge in [0.25, 0.3) is 5.91 Å². The number of hydrogen-bond acceptors (Lipinski definition) is 5. The molecule has 7 heteroatoms. The predicted octanol–water partition coefficient (Wildman–Crippen LogP) is 1.04. The number of carbonyl (C=O) groups excluding carboxylic acids is 1. The van der Waals surface area contributed by atoms with Gasteiger partial charge in [-0.25, -0.2) is 0 Å². The van der Waals surface area contributed by atoms with Gasteiger partial charge >= 0.3 is 5.97 Å². The Bertz CT molecular complexity index is 434. The molecule has 1 heterocycles.